The highest BCUT2D eigenvalue weighted by Gasteiger charge is 2.07. The average molecular weight is 735 g/mol. The van der Waals surface area contributed by atoms with Crippen LogP contribution >= 0.6 is 0 Å². The zero-order valence-electron chi connectivity index (χ0n) is 31.2. The molecule has 0 aliphatic rings. The molecule has 0 atom stereocenters. The second kappa shape index (κ2) is 24.6. The lowest BCUT2D eigenvalue weighted by Gasteiger charge is -2.09. The fourth-order valence-electron chi connectivity index (χ4n) is 5.66. The summed E-state index contributed by atoms with van der Waals surface area (Å²) < 4.78 is 10.5. The molecule has 0 aromatic heterocycles. The molecular formula is C44H54N4O6. The van der Waals surface area contributed by atoms with Crippen molar-refractivity contribution in [1.29, 1.82) is 0 Å². The van der Waals surface area contributed by atoms with Crippen molar-refractivity contribution < 1.29 is 28.7 Å². The molecule has 0 fully saturated rings. The highest BCUT2D eigenvalue weighted by molar-refractivity contribution is 5.76. The first kappa shape index (κ1) is 41.1. The molecule has 4 aromatic rings. The number of alkyl carbamates (subject to hydrolysis) is 2. The van der Waals surface area contributed by atoms with Gasteiger partial charge in [0.1, 0.15) is 13.2 Å². The van der Waals surface area contributed by atoms with E-state index in [2.05, 4.69) is 21.3 Å². The predicted octanol–water partition coefficient (Wildman–Crippen LogP) is 8.37. The summed E-state index contributed by atoms with van der Waals surface area (Å²) in [5, 5.41) is 11.5. The highest BCUT2D eigenvalue weighted by atomic mass is 16.6. The summed E-state index contributed by atoms with van der Waals surface area (Å²) in [6.07, 6.45) is 8.43. The van der Waals surface area contributed by atoms with E-state index in [1.54, 1.807) is 0 Å². The van der Waals surface area contributed by atoms with E-state index in [1.165, 1.54) is 0 Å². The number of nitrogens with one attached hydrogen (secondary N) is 4. The molecule has 0 bridgehead atoms. The lowest BCUT2D eigenvalue weighted by molar-refractivity contribution is -0.122. The first-order chi connectivity index (χ1) is 26.4. The molecule has 0 unspecified atom stereocenters. The molecule has 10 nitrogen and oxygen atoms in total. The van der Waals surface area contributed by atoms with Crippen molar-refractivity contribution in [2.75, 3.05) is 0 Å². The number of carbonyl (C=O) groups excluding carboxylic acids is 4. The van der Waals surface area contributed by atoms with Gasteiger partial charge in [-0.25, -0.2) is 9.59 Å². The minimum Gasteiger partial charge on any atom is -0.445 e. The van der Waals surface area contributed by atoms with E-state index >= 15 is 0 Å². The van der Waals surface area contributed by atoms with E-state index in [9.17, 15) is 19.2 Å². The smallest absolute Gasteiger partial charge is 0.407 e. The topological polar surface area (TPSA) is 135 Å². The van der Waals surface area contributed by atoms with Crippen molar-refractivity contribution in [2.24, 2.45) is 0 Å². The van der Waals surface area contributed by atoms with E-state index < -0.39 is 12.2 Å². The van der Waals surface area contributed by atoms with Gasteiger partial charge in [-0.2, -0.15) is 0 Å². The Balaban J connectivity index is 0.920. The van der Waals surface area contributed by atoms with Gasteiger partial charge in [0.15, 0.2) is 0 Å². The third-order valence-electron chi connectivity index (χ3n) is 8.88. The van der Waals surface area contributed by atoms with Crippen LogP contribution in [0.3, 0.4) is 0 Å². The number of amides is 4. The lowest BCUT2D eigenvalue weighted by atomic mass is 10.1. The number of rotatable bonds is 23. The first-order valence-electron chi connectivity index (χ1n) is 19.0. The quantitative estimate of drug-likeness (QED) is 0.0566. The van der Waals surface area contributed by atoms with Crippen LogP contribution in [0, 0.1) is 0 Å². The van der Waals surface area contributed by atoms with E-state index in [-0.39, 0.29) is 25.0 Å². The van der Waals surface area contributed by atoms with Gasteiger partial charge < -0.3 is 30.7 Å². The van der Waals surface area contributed by atoms with Crippen LogP contribution < -0.4 is 21.3 Å². The largest absolute Gasteiger partial charge is 0.445 e. The number of unbranched alkanes of at least 4 members (excludes halogenated alkanes) is 7. The Morgan fingerprint density at radius 2 is 0.648 bits per heavy atom. The Morgan fingerprint density at radius 3 is 0.981 bits per heavy atom. The minimum absolute atomic E-state index is 0.0587. The Hall–Kier alpha value is -5.64. The molecule has 54 heavy (non-hydrogen) atoms. The van der Waals surface area contributed by atoms with Crippen LogP contribution in [0.2, 0.25) is 0 Å². The van der Waals surface area contributed by atoms with Gasteiger partial charge in [-0.3, -0.25) is 9.59 Å². The van der Waals surface area contributed by atoms with Gasteiger partial charge in [0.2, 0.25) is 11.8 Å². The molecule has 0 radical (unpaired) electrons. The Bertz CT molecular complexity index is 1560. The molecule has 0 heterocycles. The maximum atomic E-state index is 12.3. The van der Waals surface area contributed by atoms with Crippen molar-refractivity contribution in [2.45, 2.75) is 104 Å². The van der Waals surface area contributed by atoms with Gasteiger partial charge >= 0.3 is 12.2 Å². The second-order valence-electron chi connectivity index (χ2n) is 13.3. The zero-order chi connectivity index (χ0) is 38.1. The van der Waals surface area contributed by atoms with Gasteiger partial charge in [0, 0.05) is 39.0 Å². The van der Waals surface area contributed by atoms with Crippen molar-refractivity contribution in [1.82, 2.24) is 21.3 Å². The summed E-state index contributed by atoms with van der Waals surface area (Å²) in [6, 6.07) is 34.7. The van der Waals surface area contributed by atoms with E-state index in [1.807, 2.05) is 109 Å². The molecule has 4 amide bonds. The van der Waals surface area contributed by atoms with Crippen molar-refractivity contribution in [3.05, 3.63) is 143 Å². The van der Waals surface area contributed by atoms with Crippen molar-refractivity contribution in [3.8, 4) is 0 Å². The number of carbonyl (C=O) groups is 4. The number of benzene rings is 4. The number of hydrogen-bond donors (Lipinski definition) is 4. The first-order valence-corrected chi connectivity index (χ1v) is 19.0. The second-order valence-corrected chi connectivity index (χ2v) is 13.3. The standard InChI is InChI=1S/C44H54N4O6/c49-41(45-29-35-21-25-37(26-22-35)31-47-43(51)53-33-39-15-9-7-10-16-39)19-13-5-3-1-2-4-6-14-20-42(50)46-30-36-23-27-38(28-24-36)32-48-44(52)54-34-40-17-11-8-12-18-40/h7-12,15-18,21-28H,1-6,13-14,19-20,29-34H2,(H,45,49)(H,46,50)(H,47,51)(H,48,52). The summed E-state index contributed by atoms with van der Waals surface area (Å²) in [6.45, 7) is 2.15. The molecule has 0 saturated carbocycles. The Labute approximate surface area is 319 Å². The normalized spacial score (nSPS) is 10.6. The maximum Gasteiger partial charge on any atom is 0.407 e. The fraction of sp³-hybridized carbons (Fsp3) is 0.364. The van der Waals surface area contributed by atoms with Gasteiger partial charge in [-0.05, 0) is 46.2 Å². The highest BCUT2D eigenvalue weighted by Crippen LogP contribution is 2.12. The SMILES string of the molecule is O=C(CCCCCCCCCCC(=O)NCc1ccc(CNC(=O)OCc2ccccc2)cc1)NCc1ccc(CNC(=O)OCc2ccccc2)cc1. The third-order valence-corrected chi connectivity index (χ3v) is 8.88. The summed E-state index contributed by atoms with van der Waals surface area (Å²) in [4.78, 5) is 48.5. The molecule has 0 aliphatic heterocycles. The Morgan fingerprint density at radius 1 is 0.352 bits per heavy atom. The zero-order valence-corrected chi connectivity index (χ0v) is 31.2. The van der Waals surface area contributed by atoms with Crippen LogP contribution in [0.4, 0.5) is 9.59 Å². The van der Waals surface area contributed by atoms with Gasteiger partial charge in [-0.1, -0.05) is 148 Å². The summed E-state index contributed by atoms with van der Waals surface area (Å²) in [7, 11) is 0. The third kappa shape index (κ3) is 17.7. The van der Waals surface area contributed by atoms with Crippen molar-refractivity contribution >= 4 is 24.0 Å². The molecule has 0 saturated heterocycles. The number of ether oxygens (including phenoxy) is 2. The van der Waals surface area contributed by atoms with Crippen LogP contribution in [-0.4, -0.2) is 24.0 Å². The van der Waals surface area contributed by atoms with E-state index in [4.69, 9.17) is 9.47 Å². The molecule has 0 aliphatic carbocycles. The van der Waals surface area contributed by atoms with Crippen molar-refractivity contribution in [3.63, 3.8) is 0 Å². The minimum atomic E-state index is -0.461. The van der Waals surface area contributed by atoms with E-state index in [0.717, 1.165) is 84.7 Å². The average Bonchev–Trinajstić information content (AvgIpc) is 3.21. The van der Waals surface area contributed by atoms with Gasteiger partial charge in [0.25, 0.3) is 0 Å². The molecule has 10 heteroatoms. The molecule has 4 aromatic carbocycles. The van der Waals surface area contributed by atoms with Gasteiger partial charge in [-0.15, -0.1) is 0 Å². The Kier molecular flexibility index (Phi) is 18.7. The van der Waals surface area contributed by atoms with Crippen LogP contribution in [-0.2, 0) is 58.5 Å². The summed E-state index contributed by atoms with van der Waals surface area (Å²) in [5.41, 5.74) is 5.79. The molecule has 286 valence electrons. The fourth-order valence-corrected chi connectivity index (χ4v) is 5.66. The van der Waals surface area contributed by atoms with Crippen LogP contribution in [0.25, 0.3) is 0 Å². The van der Waals surface area contributed by atoms with Crippen LogP contribution in [0.5, 0.6) is 0 Å². The number of hydrogen-bond acceptors (Lipinski definition) is 6. The molecule has 4 rings (SSSR count). The van der Waals surface area contributed by atoms with Crippen LogP contribution in [0.1, 0.15) is 97.6 Å². The molecular weight excluding hydrogens is 681 g/mol. The van der Waals surface area contributed by atoms with Gasteiger partial charge in [0.05, 0.1) is 0 Å². The predicted molar refractivity (Wildman–Crippen MR) is 210 cm³/mol. The molecule has 0 spiro atoms. The molecule has 4 N–H and O–H groups in total. The van der Waals surface area contributed by atoms with Crippen LogP contribution in [0.15, 0.2) is 109 Å². The summed E-state index contributed by atoms with van der Waals surface area (Å²) >= 11 is 0. The monoisotopic (exact) mass is 734 g/mol. The summed E-state index contributed by atoms with van der Waals surface area (Å²) in [5.74, 6) is 0.117. The van der Waals surface area contributed by atoms with E-state index in [0.29, 0.717) is 39.0 Å². The lowest BCUT2D eigenvalue weighted by Crippen LogP contribution is -2.24. The maximum absolute atomic E-state index is 12.3.